The number of primary amides is 1. The van der Waals surface area contributed by atoms with Crippen LogP contribution >= 0.6 is 0 Å². The molecule has 0 saturated carbocycles. The first-order chi connectivity index (χ1) is 8.08. The Bertz CT molecular complexity index is 424. The minimum absolute atomic E-state index is 0.127. The van der Waals surface area contributed by atoms with Gasteiger partial charge < -0.3 is 20.7 Å². The zero-order chi connectivity index (χ0) is 12.4. The van der Waals surface area contributed by atoms with Crippen LogP contribution in [0.1, 0.15) is 10.4 Å². The Morgan fingerprint density at radius 3 is 2.94 bits per heavy atom. The van der Waals surface area contributed by atoms with E-state index in [9.17, 15) is 15.0 Å². The van der Waals surface area contributed by atoms with Crippen LogP contribution in [0.25, 0.3) is 0 Å². The van der Waals surface area contributed by atoms with Gasteiger partial charge in [-0.15, -0.1) is 0 Å². The fourth-order valence-corrected chi connectivity index (χ4v) is 1.82. The van der Waals surface area contributed by atoms with Gasteiger partial charge in [-0.1, -0.05) is 0 Å². The zero-order valence-electron chi connectivity index (χ0n) is 9.19. The van der Waals surface area contributed by atoms with Crippen molar-refractivity contribution in [1.82, 2.24) is 0 Å². The van der Waals surface area contributed by atoms with Crippen LogP contribution in [0.2, 0.25) is 0 Å². The summed E-state index contributed by atoms with van der Waals surface area (Å²) in [6, 6.07) is 3.30. The number of hydrogen-bond donors (Lipinski definition) is 3. The molecule has 0 spiro atoms. The van der Waals surface area contributed by atoms with Gasteiger partial charge in [0.25, 0.3) is 5.91 Å². The maximum Gasteiger partial charge on any atom is 0.254 e. The highest BCUT2D eigenvalue weighted by molar-refractivity contribution is 5.92. The third-order valence-corrected chi connectivity index (χ3v) is 2.79. The van der Waals surface area contributed by atoms with Crippen LogP contribution in [-0.2, 0) is 11.3 Å². The topological polar surface area (TPSA) is 96.7 Å². The van der Waals surface area contributed by atoms with E-state index in [1.54, 1.807) is 29.1 Å². The lowest BCUT2D eigenvalue weighted by Crippen LogP contribution is -2.45. The van der Waals surface area contributed by atoms with Gasteiger partial charge in [0.05, 0.1) is 6.61 Å². The number of nitrogens with two attached hydrogens (primary N) is 1. The number of carbonyl (C=O) groups is 1. The largest absolute Gasteiger partial charge is 0.388 e. The number of ether oxygens (including phenoxy) is 1. The first-order valence-electron chi connectivity index (χ1n) is 5.34. The fraction of sp³-hybridized carbons (Fsp3) is 0.455. The van der Waals surface area contributed by atoms with Crippen LogP contribution < -0.4 is 10.3 Å². The average Bonchev–Trinajstić information content (AvgIpc) is 2.61. The number of rotatable bonds is 3. The third kappa shape index (κ3) is 2.60. The molecule has 0 aromatic carbocycles. The Balaban J connectivity index is 2.08. The summed E-state index contributed by atoms with van der Waals surface area (Å²) in [4.78, 5) is 11.0. The summed E-state index contributed by atoms with van der Waals surface area (Å²) in [5, 5.41) is 18.9. The SMILES string of the molecule is NC(=O)c1ccc[n+](C[C@H]2OC[C@H](O)[C@@H]2O)c1. The van der Waals surface area contributed by atoms with E-state index in [1.165, 1.54) is 0 Å². The summed E-state index contributed by atoms with van der Waals surface area (Å²) in [7, 11) is 0. The average molecular weight is 239 g/mol. The van der Waals surface area contributed by atoms with Gasteiger partial charge >= 0.3 is 0 Å². The van der Waals surface area contributed by atoms with E-state index in [-0.39, 0.29) is 6.61 Å². The molecule has 4 N–H and O–H groups in total. The van der Waals surface area contributed by atoms with E-state index < -0.39 is 24.2 Å². The van der Waals surface area contributed by atoms with Crippen molar-refractivity contribution in [2.75, 3.05) is 6.61 Å². The molecule has 3 atom stereocenters. The number of nitrogens with zero attached hydrogens (tertiary/aromatic N) is 1. The van der Waals surface area contributed by atoms with Crippen LogP contribution in [0.15, 0.2) is 24.5 Å². The summed E-state index contributed by atoms with van der Waals surface area (Å²) in [5.74, 6) is -0.507. The van der Waals surface area contributed by atoms with E-state index in [1.807, 2.05) is 0 Å². The van der Waals surface area contributed by atoms with Gasteiger partial charge in [-0.2, -0.15) is 0 Å². The van der Waals surface area contributed by atoms with Crippen LogP contribution in [0.4, 0.5) is 0 Å². The molecule has 6 heteroatoms. The van der Waals surface area contributed by atoms with Crippen molar-refractivity contribution >= 4 is 5.91 Å². The van der Waals surface area contributed by atoms with Crippen LogP contribution in [0.5, 0.6) is 0 Å². The molecule has 1 saturated heterocycles. The van der Waals surface area contributed by atoms with Crippen molar-refractivity contribution in [3.8, 4) is 0 Å². The number of aromatic nitrogens is 1. The molecule has 1 aliphatic heterocycles. The van der Waals surface area contributed by atoms with E-state index in [0.29, 0.717) is 12.1 Å². The maximum absolute atomic E-state index is 11.0. The predicted molar refractivity (Wildman–Crippen MR) is 56.9 cm³/mol. The Kier molecular flexibility index (Phi) is 3.37. The van der Waals surface area contributed by atoms with Crippen molar-refractivity contribution < 1.29 is 24.3 Å². The molecule has 2 heterocycles. The van der Waals surface area contributed by atoms with Crippen molar-refractivity contribution in [2.45, 2.75) is 24.9 Å². The van der Waals surface area contributed by atoms with Gasteiger partial charge in [-0.25, -0.2) is 4.57 Å². The lowest BCUT2D eigenvalue weighted by atomic mass is 10.1. The summed E-state index contributed by atoms with van der Waals surface area (Å²) >= 11 is 0. The molecule has 0 radical (unpaired) electrons. The molecular formula is C11H15N2O4+. The number of carbonyl (C=O) groups excluding carboxylic acids is 1. The number of hydrogen-bond acceptors (Lipinski definition) is 4. The highest BCUT2D eigenvalue weighted by Gasteiger charge is 2.37. The molecule has 17 heavy (non-hydrogen) atoms. The van der Waals surface area contributed by atoms with Crippen molar-refractivity contribution in [3.05, 3.63) is 30.1 Å². The number of pyridine rings is 1. The number of aliphatic hydroxyl groups is 2. The maximum atomic E-state index is 11.0. The van der Waals surface area contributed by atoms with Gasteiger partial charge in [-0.05, 0) is 6.07 Å². The van der Waals surface area contributed by atoms with Crippen molar-refractivity contribution in [2.24, 2.45) is 5.73 Å². The lowest BCUT2D eigenvalue weighted by Gasteiger charge is -2.11. The molecule has 0 aliphatic carbocycles. The second-order valence-corrected chi connectivity index (χ2v) is 4.08. The van der Waals surface area contributed by atoms with Gasteiger partial charge in [0, 0.05) is 6.07 Å². The van der Waals surface area contributed by atoms with E-state index >= 15 is 0 Å². The molecule has 6 nitrogen and oxygen atoms in total. The van der Waals surface area contributed by atoms with Crippen LogP contribution in [0, 0.1) is 0 Å². The summed E-state index contributed by atoms with van der Waals surface area (Å²) in [6.45, 7) is 0.487. The lowest BCUT2D eigenvalue weighted by molar-refractivity contribution is -0.704. The molecule has 2 rings (SSSR count). The second-order valence-electron chi connectivity index (χ2n) is 4.08. The number of amides is 1. The second kappa shape index (κ2) is 4.79. The number of aliphatic hydroxyl groups excluding tert-OH is 2. The highest BCUT2D eigenvalue weighted by Crippen LogP contribution is 2.14. The first kappa shape index (κ1) is 12.0. The predicted octanol–water partition coefficient (Wildman–Crippen LogP) is -1.81. The van der Waals surface area contributed by atoms with Crippen LogP contribution in [-0.4, -0.2) is 41.0 Å². The molecule has 1 aromatic rings. The molecular weight excluding hydrogens is 224 g/mol. The monoisotopic (exact) mass is 239 g/mol. The molecule has 1 amide bonds. The Morgan fingerprint density at radius 2 is 2.35 bits per heavy atom. The molecule has 0 unspecified atom stereocenters. The van der Waals surface area contributed by atoms with E-state index in [0.717, 1.165) is 0 Å². The summed E-state index contributed by atoms with van der Waals surface area (Å²) in [5.41, 5.74) is 5.56. The zero-order valence-corrected chi connectivity index (χ0v) is 9.19. The molecule has 1 aromatic heterocycles. The quantitative estimate of drug-likeness (QED) is 0.542. The summed E-state index contributed by atoms with van der Waals surface area (Å²) in [6.07, 6.45) is 1.11. The van der Waals surface area contributed by atoms with Gasteiger partial charge in [-0.3, -0.25) is 4.79 Å². The van der Waals surface area contributed by atoms with Crippen molar-refractivity contribution in [3.63, 3.8) is 0 Å². The molecule has 1 aliphatic rings. The smallest absolute Gasteiger partial charge is 0.254 e. The first-order valence-corrected chi connectivity index (χ1v) is 5.34. The molecule has 1 fully saturated rings. The minimum Gasteiger partial charge on any atom is -0.388 e. The third-order valence-electron chi connectivity index (χ3n) is 2.79. The van der Waals surface area contributed by atoms with Gasteiger partial charge in [0.1, 0.15) is 23.9 Å². The highest BCUT2D eigenvalue weighted by atomic mass is 16.5. The van der Waals surface area contributed by atoms with Gasteiger partial charge in [0.15, 0.2) is 18.9 Å². The summed E-state index contributed by atoms with van der Waals surface area (Å²) < 4.78 is 6.95. The standard InChI is InChI=1S/C11H14N2O4/c12-11(16)7-2-1-3-13(4-7)5-9-10(15)8(14)6-17-9/h1-4,8-10,14-15H,5-6H2,(H-,12,16)/p+1/t8-,9+,10-/m0/s1. The Labute approximate surface area is 98.2 Å². The van der Waals surface area contributed by atoms with Crippen LogP contribution in [0.3, 0.4) is 0 Å². The van der Waals surface area contributed by atoms with Crippen molar-refractivity contribution in [1.29, 1.82) is 0 Å². The van der Waals surface area contributed by atoms with E-state index in [2.05, 4.69) is 0 Å². The molecule has 0 bridgehead atoms. The van der Waals surface area contributed by atoms with Gasteiger partial charge in [0.2, 0.25) is 0 Å². The normalized spacial score (nSPS) is 28.2. The molecule has 92 valence electrons. The Morgan fingerprint density at radius 1 is 1.59 bits per heavy atom. The Hall–Kier alpha value is -1.50. The van der Waals surface area contributed by atoms with E-state index in [4.69, 9.17) is 10.5 Å². The fourth-order valence-electron chi connectivity index (χ4n) is 1.82. The minimum atomic E-state index is -0.903.